The molecule has 0 aromatic rings. The zero-order chi connectivity index (χ0) is 12.6. The summed E-state index contributed by atoms with van der Waals surface area (Å²) in [6.45, 7) is 6.30. The van der Waals surface area contributed by atoms with Crippen LogP contribution >= 0.6 is 0 Å². The van der Waals surface area contributed by atoms with Crippen LogP contribution in [0.3, 0.4) is 0 Å². The number of amides is 2. The number of hydrogen-bond donors (Lipinski definition) is 3. The van der Waals surface area contributed by atoms with E-state index in [0.717, 1.165) is 12.8 Å². The van der Waals surface area contributed by atoms with E-state index in [0.29, 0.717) is 6.54 Å². The molecule has 5 heteroatoms. The van der Waals surface area contributed by atoms with Crippen LogP contribution < -0.4 is 16.4 Å². The van der Waals surface area contributed by atoms with E-state index < -0.39 is 0 Å². The van der Waals surface area contributed by atoms with Gasteiger partial charge in [-0.2, -0.15) is 0 Å². The summed E-state index contributed by atoms with van der Waals surface area (Å²) in [6, 6.07) is -0.0622. The molecule has 1 atom stereocenters. The molecule has 0 aliphatic heterocycles. The topological polar surface area (TPSA) is 84.2 Å². The van der Waals surface area contributed by atoms with Crippen molar-refractivity contribution in [1.82, 2.24) is 10.6 Å². The van der Waals surface area contributed by atoms with Gasteiger partial charge in [0.1, 0.15) is 0 Å². The second-order valence-electron chi connectivity index (χ2n) is 3.91. The molecule has 0 aliphatic rings. The highest BCUT2D eigenvalue weighted by atomic mass is 16.2. The third-order valence-electron chi connectivity index (χ3n) is 2.55. The number of carbonyl (C=O) groups is 2. The van der Waals surface area contributed by atoms with Crippen molar-refractivity contribution < 1.29 is 9.59 Å². The van der Waals surface area contributed by atoms with Crippen molar-refractivity contribution in [2.75, 3.05) is 6.54 Å². The lowest BCUT2D eigenvalue weighted by Gasteiger charge is -2.19. The lowest BCUT2D eigenvalue weighted by molar-refractivity contribution is -0.124. The van der Waals surface area contributed by atoms with E-state index >= 15 is 0 Å². The first kappa shape index (κ1) is 14.9. The molecule has 1 unspecified atom stereocenters. The van der Waals surface area contributed by atoms with Gasteiger partial charge in [0.2, 0.25) is 11.8 Å². The first-order valence-corrected chi connectivity index (χ1v) is 5.83. The van der Waals surface area contributed by atoms with Crippen molar-refractivity contribution in [3.8, 4) is 0 Å². The SMILES string of the molecule is CCC(CC)NC(=O)C(C)NCCC(N)=O. The van der Waals surface area contributed by atoms with Crippen molar-refractivity contribution in [3.63, 3.8) is 0 Å². The molecule has 94 valence electrons. The highest BCUT2D eigenvalue weighted by molar-refractivity contribution is 5.81. The van der Waals surface area contributed by atoms with Crippen LogP contribution in [-0.2, 0) is 9.59 Å². The van der Waals surface area contributed by atoms with Gasteiger partial charge in [-0.15, -0.1) is 0 Å². The molecule has 0 aliphatic carbocycles. The predicted octanol–water partition coefficient (Wildman–Crippen LogP) is 0.145. The maximum atomic E-state index is 11.7. The summed E-state index contributed by atoms with van der Waals surface area (Å²) in [5, 5.41) is 5.89. The Morgan fingerprint density at radius 1 is 1.25 bits per heavy atom. The molecule has 0 saturated carbocycles. The normalized spacial score (nSPS) is 12.5. The van der Waals surface area contributed by atoms with Gasteiger partial charge in [-0.25, -0.2) is 0 Å². The molecule has 0 aromatic heterocycles. The van der Waals surface area contributed by atoms with Crippen LogP contribution in [0.4, 0.5) is 0 Å². The van der Waals surface area contributed by atoms with Gasteiger partial charge in [0, 0.05) is 19.0 Å². The third kappa shape index (κ3) is 6.40. The molecule has 0 radical (unpaired) electrons. The van der Waals surface area contributed by atoms with Crippen LogP contribution in [-0.4, -0.2) is 30.4 Å². The third-order valence-corrected chi connectivity index (χ3v) is 2.55. The fourth-order valence-electron chi connectivity index (χ4n) is 1.32. The maximum Gasteiger partial charge on any atom is 0.237 e. The Kier molecular flexibility index (Phi) is 7.54. The second kappa shape index (κ2) is 8.10. The molecule has 0 saturated heterocycles. The first-order chi connectivity index (χ1) is 7.51. The maximum absolute atomic E-state index is 11.7. The number of nitrogens with two attached hydrogens (primary N) is 1. The number of primary amides is 1. The molecule has 0 fully saturated rings. The summed E-state index contributed by atoms with van der Waals surface area (Å²) >= 11 is 0. The molecule has 2 amide bonds. The molecule has 5 nitrogen and oxygen atoms in total. The standard InChI is InChI=1S/C11H23N3O2/c1-4-9(5-2)14-11(16)8(3)13-7-6-10(12)15/h8-9,13H,4-7H2,1-3H3,(H2,12,15)(H,14,16). The molecular weight excluding hydrogens is 206 g/mol. The Morgan fingerprint density at radius 3 is 2.25 bits per heavy atom. The van der Waals surface area contributed by atoms with Crippen molar-refractivity contribution in [2.24, 2.45) is 5.73 Å². The lowest BCUT2D eigenvalue weighted by Crippen LogP contribution is -2.46. The molecule has 4 N–H and O–H groups in total. The summed E-state index contributed by atoms with van der Waals surface area (Å²) in [4.78, 5) is 22.2. The highest BCUT2D eigenvalue weighted by Gasteiger charge is 2.14. The predicted molar refractivity (Wildman–Crippen MR) is 63.8 cm³/mol. The average Bonchev–Trinajstić information content (AvgIpc) is 2.24. The highest BCUT2D eigenvalue weighted by Crippen LogP contribution is 1.96. The smallest absolute Gasteiger partial charge is 0.237 e. The zero-order valence-electron chi connectivity index (χ0n) is 10.4. The van der Waals surface area contributed by atoms with Gasteiger partial charge in [0.15, 0.2) is 0 Å². The largest absolute Gasteiger partial charge is 0.370 e. The van der Waals surface area contributed by atoms with Crippen LogP contribution in [0.5, 0.6) is 0 Å². The van der Waals surface area contributed by atoms with Crippen molar-refractivity contribution in [1.29, 1.82) is 0 Å². The molecule has 0 rings (SSSR count). The number of carbonyl (C=O) groups excluding carboxylic acids is 2. The van der Waals surface area contributed by atoms with Crippen molar-refractivity contribution in [3.05, 3.63) is 0 Å². The van der Waals surface area contributed by atoms with Crippen molar-refractivity contribution >= 4 is 11.8 Å². The second-order valence-corrected chi connectivity index (χ2v) is 3.91. The minimum Gasteiger partial charge on any atom is -0.370 e. The van der Waals surface area contributed by atoms with Gasteiger partial charge in [0.25, 0.3) is 0 Å². The quantitative estimate of drug-likeness (QED) is 0.553. The molecular formula is C11H23N3O2. The number of rotatable bonds is 8. The zero-order valence-corrected chi connectivity index (χ0v) is 10.4. The Labute approximate surface area is 97.2 Å². The average molecular weight is 229 g/mol. The van der Waals surface area contributed by atoms with E-state index in [-0.39, 0.29) is 30.3 Å². The molecule has 0 spiro atoms. The Bertz CT molecular complexity index is 227. The Balaban J connectivity index is 3.84. The van der Waals surface area contributed by atoms with Crippen LogP contribution in [0.25, 0.3) is 0 Å². The van der Waals surface area contributed by atoms with Gasteiger partial charge < -0.3 is 16.4 Å². The number of nitrogens with one attached hydrogen (secondary N) is 2. The monoisotopic (exact) mass is 229 g/mol. The lowest BCUT2D eigenvalue weighted by atomic mass is 10.1. The van der Waals surface area contributed by atoms with Crippen LogP contribution in [0.1, 0.15) is 40.0 Å². The fraction of sp³-hybridized carbons (Fsp3) is 0.818. The van der Waals surface area contributed by atoms with E-state index in [9.17, 15) is 9.59 Å². The van der Waals surface area contributed by atoms with Gasteiger partial charge in [-0.3, -0.25) is 9.59 Å². The van der Waals surface area contributed by atoms with Gasteiger partial charge in [-0.05, 0) is 19.8 Å². The molecule has 16 heavy (non-hydrogen) atoms. The van der Waals surface area contributed by atoms with Gasteiger partial charge >= 0.3 is 0 Å². The first-order valence-electron chi connectivity index (χ1n) is 5.83. The van der Waals surface area contributed by atoms with Crippen molar-refractivity contribution in [2.45, 2.75) is 52.1 Å². The van der Waals surface area contributed by atoms with Crippen LogP contribution in [0.2, 0.25) is 0 Å². The van der Waals surface area contributed by atoms with E-state index in [1.807, 2.05) is 13.8 Å². The summed E-state index contributed by atoms with van der Waals surface area (Å²) in [5.41, 5.74) is 5.00. The van der Waals surface area contributed by atoms with E-state index in [1.165, 1.54) is 0 Å². The summed E-state index contributed by atoms with van der Waals surface area (Å²) in [6.07, 6.45) is 2.11. The summed E-state index contributed by atoms with van der Waals surface area (Å²) < 4.78 is 0. The van der Waals surface area contributed by atoms with Gasteiger partial charge in [-0.1, -0.05) is 13.8 Å². The van der Waals surface area contributed by atoms with Gasteiger partial charge in [0.05, 0.1) is 6.04 Å². The molecule has 0 heterocycles. The van der Waals surface area contributed by atoms with E-state index in [1.54, 1.807) is 6.92 Å². The number of hydrogen-bond acceptors (Lipinski definition) is 3. The summed E-state index contributed by atoms with van der Waals surface area (Å²) in [7, 11) is 0. The Hall–Kier alpha value is -1.10. The fourth-order valence-corrected chi connectivity index (χ4v) is 1.32. The van der Waals surface area contributed by atoms with E-state index in [4.69, 9.17) is 5.73 Å². The minimum absolute atomic E-state index is 0.0295. The molecule has 0 aromatic carbocycles. The summed E-state index contributed by atoms with van der Waals surface area (Å²) in [5.74, 6) is -0.390. The Morgan fingerprint density at radius 2 is 1.81 bits per heavy atom. The van der Waals surface area contributed by atoms with Crippen LogP contribution in [0.15, 0.2) is 0 Å². The van der Waals surface area contributed by atoms with Crippen LogP contribution in [0, 0.1) is 0 Å². The molecule has 0 bridgehead atoms. The minimum atomic E-state index is -0.361. The van der Waals surface area contributed by atoms with E-state index in [2.05, 4.69) is 10.6 Å².